The number of phenols is 3. The Labute approximate surface area is 219 Å². The smallest absolute Gasteiger partial charge is 0.223 e. The first kappa shape index (κ1) is 26.1. The molecule has 3 aromatic carbocycles. The molecule has 1 aliphatic rings. The molecule has 2 heterocycles. The van der Waals surface area contributed by atoms with Crippen molar-refractivity contribution in [2.24, 2.45) is 0 Å². The van der Waals surface area contributed by atoms with Crippen LogP contribution in [0.25, 0.3) is 22.3 Å². The largest absolute Gasteiger partial charge is 0.504 e. The van der Waals surface area contributed by atoms with Gasteiger partial charge in [-0.15, -0.1) is 0 Å². The summed E-state index contributed by atoms with van der Waals surface area (Å²) in [5.41, 5.74) is -1.42. The van der Waals surface area contributed by atoms with Gasteiger partial charge in [0.1, 0.15) is 16.7 Å². The summed E-state index contributed by atoms with van der Waals surface area (Å²) >= 11 is 0. The number of benzene rings is 3. The Kier molecular flexibility index (Phi) is 6.92. The molecule has 0 saturated carbocycles. The lowest BCUT2D eigenvalue weighted by Gasteiger charge is -2.29. The normalized spacial score (nSPS) is 14.5. The van der Waals surface area contributed by atoms with Crippen molar-refractivity contribution in [3.8, 4) is 28.6 Å². The van der Waals surface area contributed by atoms with E-state index in [4.69, 9.17) is 9.15 Å². The molecule has 0 aliphatic carbocycles. The second kappa shape index (κ2) is 10.3. The summed E-state index contributed by atoms with van der Waals surface area (Å²) in [6.45, 7) is 0.996. The lowest BCUT2D eigenvalue weighted by atomic mass is 9.85. The maximum Gasteiger partial charge on any atom is 0.223 e. The quantitative estimate of drug-likeness (QED) is 0.253. The van der Waals surface area contributed by atoms with Gasteiger partial charge in [0.25, 0.3) is 0 Å². The zero-order chi connectivity index (χ0) is 27.8. The van der Waals surface area contributed by atoms with E-state index in [0.29, 0.717) is 17.7 Å². The molecular formula is C28H22F3NO7. The lowest BCUT2D eigenvalue weighted by Crippen LogP contribution is -2.41. The number of phenolic OH excluding ortho intramolecular Hbond substituents is 3. The molecule has 202 valence electrons. The number of hydrogen-bond acceptors (Lipinski definition) is 7. The Balaban J connectivity index is 1.79. The van der Waals surface area contributed by atoms with Crippen LogP contribution < -0.4 is 5.43 Å². The van der Waals surface area contributed by atoms with Crippen LogP contribution in [0.1, 0.15) is 23.5 Å². The molecule has 0 unspecified atom stereocenters. The number of amides is 1. The average molecular weight is 541 g/mol. The molecule has 8 nitrogen and oxygen atoms in total. The molecule has 0 bridgehead atoms. The Hall–Kier alpha value is -4.51. The van der Waals surface area contributed by atoms with E-state index in [1.54, 1.807) is 30.3 Å². The Morgan fingerprint density at radius 2 is 1.56 bits per heavy atom. The van der Waals surface area contributed by atoms with Crippen LogP contribution in [0.5, 0.6) is 17.2 Å². The molecule has 11 heteroatoms. The van der Waals surface area contributed by atoms with Crippen molar-refractivity contribution in [1.29, 1.82) is 0 Å². The second-order valence-electron chi connectivity index (χ2n) is 9.05. The fraction of sp³-hybridized carbons (Fsp3) is 0.214. The van der Waals surface area contributed by atoms with E-state index in [0.717, 1.165) is 6.07 Å². The lowest BCUT2D eigenvalue weighted by molar-refractivity contribution is -0.135. The van der Waals surface area contributed by atoms with Gasteiger partial charge in [0.15, 0.2) is 34.4 Å². The van der Waals surface area contributed by atoms with Crippen molar-refractivity contribution in [2.45, 2.75) is 12.3 Å². The molecule has 1 atom stereocenters. The first-order chi connectivity index (χ1) is 18.7. The molecule has 1 amide bonds. The maximum atomic E-state index is 14.4. The Morgan fingerprint density at radius 3 is 2.21 bits per heavy atom. The summed E-state index contributed by atoms with van der Waals surface area (Å²) in [6.07, 6.45) is -0.517. The summed E-state index contributed by atoms with van der Waals surface area (Å²) in [5.74, 6) is -9.80. The minimum absolute atomic E-state index is 0.0218. The molecule has 4 aromatic rings. The summed E-state index contributed by atoms with van der Waals surface area (Å²) in [7, 11) is 0. The van der Waals surface area contributed by atoms with Crippen molar-refractivity contribution < 1.29 is 42.4 Å². The van der Waals surface area contributed by atoms with E-state index in [9.17, 15) is 38.1 Å². The number of carbonyl (C=O) groups excluding carboxylic acids is 1. The standard InChI is InChI=1S/C28H22F3NO7/c29-17-10-15(11-18(30)24(17)31)16(12-21(34)32-6-8-38-9-7-32)22-25(35)27(37)26(36)23-19(33)13-20(39-28(22)23)14-4-2-1-3-5-14/h1-5,10-11,13,16,35-37H,6-9,12H2/t16-/m0/s1. The number of rotatable bonds is 5. The number of halogens is 3. The van der Waals surface area contributed by atoms with Crippen LogP contribution in [0.2, 0.25) is 0 Å². The number of carbonyl (C=O) groups is 1. The van der Waals surface area contributed by atoms with Crippen LogP contribution in [-0.2, 0) is 9.53 Å². The number of ether oxygens (including phenoxy) is 1. The van der Waals surface area contributed by atoms with Crippen molar-refractivity contribution in [2.75, 3.05) is 26.3 Å². The minimum Gasteiger partial charge on any atom is -0.504 e. The van der Waals surface area contributed by atoms with Crippen LogP contribution in [0.4, 0.5) is 13.2 Å². The van der Waals surface area contributed by atoms with Crippen LogP contribution in [0.3, 0.4) is 0 Å². The van der Waals surface area contributed by atoms with Gasteiger partial charge in [-0.05, 0) is 17.7 Å². The van der Waals surface area contributed by atoms with E-state index in [2.05, 4.69) is 0 Å². The predicted molar refractivity (Wildman–Crippen MR) is 133 cm³/mol. The molecule has 1 aromatic heterocycles. The van der Waals surface area contributed by atoms with Crippen molar-refractivity contribution in [1.82, 2.24) is 4.90 Å². The first-order valence-corrected chi connectivity index (χ1v) is 12.0. The third kappa shape index (κ3) is 4.76. The van der Waals surface area contributed by atoms with E-state index < -0.39 is 69.3 Å². The summed E-state index contributed by atoms with van der Waals surface area (Å²) < 4.78 is 53.8. The fourth-order valence-electron chi connectivity index (χ4n) is 4.72. The second-order valence-corrected chi connectivity index (χ2v) is 9.05. The zero-order valence-corrected chi connectivity index (χ0v) is 20.3. The van der Waals surface area contributed by atoms with Gasteiger partial charge in [0, 0.05) is 42.6 Å². The number of aromatic hydroxyl groups is 3. The Morgan fingerprint density at radius 1 is 0.923 bits per heavy atom. The maximum absolute atomic E-state index is 14.4. The van der Waals surface area contributed by atoms with Crippen molar-refractivity contribution >= 4 is 16.9 Å². The monoisotopic (exact) mass is 541 g/mol. The highest BCUT2D eigenvalue weighted by molar-refractivity contribution is 5.94. The third-order valence-corrected chi connectivity index (χ3v) is 6.69. The highest BCUT2D eigenvalue weighted by Gasteiger charge is 2.33. The number of nitrogens with zero attached hydrogens (tertiary/aromatic N) is 1. The van der Waals surface area contributed by atoms with Crippen LogP contribution in [0.15, 0.2) is 57.7 Å². The van der Waals surface area contributed by atoms with Crippen molar-refractivity contribution in [3.05, 3.63) is 87.3 Å². The molecule has 0 radical (unpaired) electrons. The van der Waals surface area contributed by atoms with Gasteiger partial charge in [-0.2, -0.15) is 0 Å². The van der Waals surface area contributed by atoms with Gasteiger partial charge in [-0.25, -0.2) is 13.2 Å². The highest BCUT2D eigenvalue weighted by atomic mass is 19.2. The molecule has 3 N–H and O–H groups in total. The van der Waals surface area contributed by atoms with Crippen molar-refractivity contribution in [3.63, 3.8) is 0 Å². The van der Waals surface area contributed by atoms with E-state index in [1.807, 2.05) is 0 Å². The van der Waals surface area contributed by atoms with Crippen LogP contribution in [0, 0.1) is 17.5 Å². The third-order valence-electron chi connectivity index (χ3n) is 6.69. The summed E-state index contributed by atoms with van der Waals surface area (Å²) in [5, 5.41) is 31.5. The molecule has 0 spiro atoms. The summed E-state index contributed by atoms with van der Waals surface area (Å²) in [6, 6.07) is 10.7. The van der Waals surface area contributed by atoms with Gasteiger partial charge in [-0.3, -0.25) is 9.59 Å². The number of morpholine rings is 1. The van der Waals surface area contributed by atoms with Crippen LogP contribution >= 0.6 is 0 Å². The van der Waals surface area contributed by atoms with E-state index in [-0.39, 0.29) is 43.2 Å². The fourth-order valence-corrected chi connectivity index (χ4v) is 4.72. The van der Waals surface area contributed by atoms with Gasteiger partial charge in [0.05, 0.1) is 13.2 Å². The minimum atomic E-state index is -1.74. The highest BCUT2D eigenvalue weighted by Crippen LogP contribution is 2.49. The van der Waals surface area contributed by atoms with E-state index >= 15 is 0 Å². The topological polar surface area (TPSA) is 120 Å². The average Bonchev–Trinajstić information content (AvgIpc) is 2.94. The molecule has 1 fully saturated rings. The molecule has 39 heavy (non-hydrogen) atoms. The molecule has 1 aliphatic heterocycles. The number of hydrogen-bond donors (Lipinski definition) is 3. The van der Waals surface area contributed by atoms with E-state index in [1.165, 1.54) is 4.90 Å². The molecule has 1 saturated heterocycles. The van der Waals surface area contributed by atoms with Gasteiger partial charge in [0.2, 0.25) is 11.7 Å². The van der Waals surface area contributed by atoms with Gasteiger partial charge < -0.3 is 29.4 Å². The van der Waals surface area contributed by atoms with Gasteiger partial charge >= 0.3 is 0 Å². The Bertz CT molecular complexity index is 1610. The SMILES string of the molecule is O=C(C[C@@H](c1cc(F)c(F)c(F)c1)c1c(O)c(O)c(O)c2c(=O)cc(-c3ccccc3)oc12)N1CCOCC1. The predicted octanol–water partition coefficient (Wildman–Crippen LogP) is 4.37. The van der Waals surface area contributed by atoms with Gasteiger partial charge in [-0.1, -0.05) is 30.3 Å². The number of fused-ring (bicyclic) bond motifs is 1. The summed E-state index contributed by atoms with van der Waals surface area (Å²) in [4.78, 5) is 27.8. The molecular weight excluding hydrogens is 519 g/mol. The van der Waals surface area contributed by atoms with Crippen LogP contribution in [-0.4, -0.2) is 52.4 Å². The zero-order valence-electron chi connectivity index (χ0n) is 20.3. The first-order valence-electron chi connectivity index (χ1n) is 12.0. The molecule has 5 rings (SSSR count).